The van der Waals surface area contributed by atoms with Crippen LogP contribution < -0.4 is 5.32 Å². The Morgan fingerprint density at radius 1 is 1.43 bits per heavy atom. The van der Waals surface area contributed by atoms with E-state index in [1.807, 2.05) is 12.1 Å². The largest absolute Gasteiger partial charge is 0.375 e. The number of pyridine rings is 1. The van der Waals surface area contributed by atoms with Crippen molar-refractivity contribution in [2.24, 2.45) is 0 Å². The fourth-order valence-corrected chi connectivity index (χ4v) is 3.15. The maximum atomic E-state index is 6.00. The zero-order valence-electron chi connectivity index (χ0n) is 12.5. The third-order valence-electron chi connectivity index (χ3n) is 4.41. The van der Waals surface area contributed by atoms with Gasteiger partial charge in [-0.15, -0.1) is 5.10 Å². The Bertz CT molecular complexity index is 623. The third-order valence-corrected chi connectivity index (χ3v) is 4.63. The summed E-state index contributed by atoms with van der Waals surface area (Å²) in [7, 11) is 0. The number of aromatic nitrogens is 3. The second kappa shape index (κ2) is 5.81. The zero-order valence-corrected chi connectivity index (χ0v) is 13.2. The average molecular weight is 309 g/mol. The monoisotopic (exact) mass is 308 g/mol. The van der Waals surface area contributed by atoms with Gasteiger partial charge in [0.15, 0.2) is 5.65 Å². The molecule has 2 aromatic heterocycles. The van der Waals surface area contributed by atoms with Gasteiger partial charge in [0.1, 0.15) is 0 Å². The molecule has 21 heavy (non-hydrogen) atoms. The highest BCUT2D eigenvalue weighted by Gasteiger charge is 2.34. The maximum Gasteiger partial charge on any atom is 0.243 e. The Kier molecular flexibility index (Phi) is 4.04. The van der Waals surface area contributed by atoms with E-state index in [0.717, 1.165) is 37.9 Å². The molecule has 1 fully saturated rings. The predicted molar refractivity (Wildman–Crippen MR) is 83.9 cm³/mol. The van der Waals surface area contributed by atoms with E-state index in [4.69, 9.17) is 16.3 Å². The molecular formula is C15H21ClN4O. The van der Waals surface area contributed by atoms with Crippen LogP contribution in [-0.2, 0) is 4.74 Å². The average Bonchev–Trinajstić information content (AvgIpc) is 2.88. The standard InChI is InChI=1S/C15H21ClN4O/c1-3-15(4-2)9-12(7-8-21-15)17-14-18-13-6-5-11(16)10-20(13)19-14/h5-6,10,12H,3-4,7-9H2,1-2H3,(H,17,19). The van der Waals surface area contributed by atoms with Crippen molar-refractivity contribution in [1.82, 2.24) is 14.6 Å². The van der Waals surface area contributed by atoms with Crippen molar-refractivity contribution in [1.29, 1.82) is 0 Å². The molecule has 0 amide bonds. The molecule has 1 atom stereocenters. The molecule has 1 saturated heterocycles. The minimum Gasteiger partial charge on any atom is -0.375 e. The van der Waals surface area contributed by atoms with Gasteiger partial charge in [0, 0.05) is 18.8 Å². The molecular weight excluding hydrogens is 288 g/mol. The van der Waals surface area contributed by atoms with Crippen molar-refractivity contribution in [2.75, 3.05) is 11.9 Å². The summed E-state index contributed by atoms with van der Waals surface area (Å²) < 4.78 is 7.71. The maximum absolute atomic E-state index is 6.00. The van der Waals surface area contributed by atoms with Gasteiger partial charge in [-0.2, -0.15) is 4.98 Å². The number of fused-ring (bicyclic) bond motifs is 1. The molecule has 0 radical (unpaired) electrons. The van der Waals surface area contributed by atoms with Gasteiger partial charge in [0.25, 0.3) is 0 Å². The summed E-state index contributed by atoms with van der Waals surface area (Å²) in [6, 6.07) is 4.04. The van der Waals surface area contributed by atoms with Crippen molar-refractivity contribution in [2.45, 2.75) is 51.2 Å². The van der Waals surface area contributed by atoms with Gasteiger partial charge in [0.05, 0.1) is 10.6 Å². The molecule has 0 saturated carbocycles. The van der Waals surface area contributed by atoms with Crippen LogP contribution in [0, 0.1) is 0 Å². The molecule has 0 spiro atoms. The van der Waals surface area contributed by atoms with E-state index in [1.54, 1.807) is 10.7 Å². The van der Waals surface area contributed by atoms with Crippen molar-refractivity contribution in [3.63, 3.8) is 0 Å². The van der Waals surface area contributed by atoms with Crippen molar-refractivity contribution in [3.05, 3.63) is 23.4 Å². The van der Waals surface area contributed by atoms with Crippen molar-refractivity contribution >= 4 is 23.2 Å². The van der Waals surface area contributed by atoms with Crippen LogP contribution in [0.5, 0.6) is 0 Å². The summed E-state index contributed by atoms with van der Waals surface area (Å²) in [5, 5.41) is 8.54. The number of halogens is 1. The van der Waals surface area contributed by atoms with Crippen LogP contribution in [0.2, 0.25) is 5.02 Å². The lowest BCUT2D eigenvalue weighted by Crippen LogP contribution is -2.43. The molecule has 1 unspecified atom stereocenters. The summed E-state index contributed by atoms with van der Waals surface area (Å²) in [5.74, 6) is 0.658. The Balaban J connectivity index is 1.75. The number of anilines is 1. The quantitative estimate of drug-likeness (QED) is 0.938. The summed E-state index contributed by atoms with van der Waals surface area (Å²) >= 11 is 5.97. The Morgan fingerprint density at radius 2 is 2.24 bits per heavy atom. The van der Waals surface area contributed by atoms with E-state index in [0.29, 0.717) is 17.0 Å². The lowest BCUT2D eigenvalue weighted by molar-refractivity contribution is -0.0865. The Morgan fingerprint density at radius 3 is 3.00 bits per heavy atom. The van der Waals surface area contributed by atoms with E-state index >= 15 is 0 Å². The van der Waals surface area contributed by atoms with Crippen molar-refractivity contribution < 1.29 is 4.74 Å². The van der Waals surface area contributed by atoms with Crippen LogP contribution in [-0.4, -0.2) is 32.8 Å². The first kappa shape index (κ1) is 14.6. The summed E-state index contributed by atoms with van der Waals surface area (Å²) in [5.41, 5.74) is 0.796. The minimum absolute atomic E-state index is 0.00160. The third kappa shape index (κ3) is 2.99. The highest BCUT2D eigenvalue weighted by molar-refractivity contribution is 6.30. The summed E-state index contributed by atoms with van der Waals surface area (Å²) in [4.78, 5) is 4.49. The SMILES string of the molecule is CCC1(CC)CC(Nc2nc3ccc(Cl)cn3n2)CCO1. The zero-order chi connectivity index (χ0) is 14.9. The molecule has 0 aromatic carbocycles. The van der Waals surface area contributed by atoms with E-state index < -0.39 is 0 Å². The van der Waals surface area contributed by atoms with E-state index in [1.165, 1.54) is 0 Å². The minimum atomic E-state index is -0.00160. The van der Waals surface area contributed by atoms with E-state index in [2.05, 4.69) is 29.2 Å². The number of rotatable bonds is 4. The summed E-state index contributed by atoms with van der Waals surface area (Å²) in [6.07, 6.45) is 5.82. The van der Waals surface area contributed by atoms with E-state index in [-0.39, 0.29) is 5.60 Å². The van der Waals surface area contributed by atoms with Gasteiger partial charge in [0.2, 0.25) is 5.95 Å². The molecule has 3 heterocycles. The van der Waals surface area contributed by atoms with Crippen LogP contribution in [0.15, 0.2) is 18.3 Å². The molecule has 1 aliphatic rings. The normalized spacial score (nSPS) is 21.6. The van der Waals surface area contributed by atoms with Gasteiger partial charge >= 0.3 is 0 Å². The number of nitrogens with zero attached hydrogens (tertiary/aromatic N) is 3. The number of hydrogen-bond donors (Lipinski definition) is 1. The lowest BCUT2D eigenvalue weighted by Gasteiger charge is -2.40. The first-order valence-electron chi connectivity index (χ1n) is 7.56. The van der Waals surface area contributed by atoms with Gasteiger partial charge < -0.3 is 10.1 Å². The fraction of sp³-hybridized carbons (Fsp3) is 0.600. The van der Waals surface area contributed by atoms with Crippen LogP contribution in [0.3, 0.4) is 0 Å². The van der Waals surface area contributed by atoms with E-state index in [9.17, 15) is 0 Å². The van der Waals surface area contributed by atoms with Gasteiger partial charge in [-0.25, -0.2) is 4.52 Å². The first-order chi connectivity index (χ1) is 10.1. The predicted octanol–water partition coefficient (Wildman–Crippen LogP) is 3.53. The molecule has 0 aliphatic carbocycles. The second-order valence-electron chi connectivity index (χ2n) is 5.66. The van der Waals surface area contributed by atoms with Crippen LogP contribution in [0.4, 0.5) is 5.95 Å². The molecule has 114 valence electrons. The summed E-state index contributed by atoms with van der Waals surface area (Å²) in [6.45, 7) is 5.17. The second-order valence-corrected chi connectivity index (χ2v) is 6.09. The first-order valence-corrected chi connectivity index (χ1v) is 7.94. The van der Waals surface area contributed by atoms with Gasteiger partial charge in [-0.3, -0.25) is 0 Å². The molecule has 2 aromatic rings. The number of ether oxygens (including phenoxy) is 1. The van der Waals surface area contributed by atoms with Crippen molar-refractivity contribution in [3.8, 4) is 0 Å². The molecule has 1 aliphatic heterocycles. The smallest absolute Gasteiger partial charge is 0.243 e. The van der Waals surface area contributed by atoms with Gasteiger partial charge in [-0.05, 0) is 37.8 Å². The molecule has 1 N–H and O–H groups in total. The fourth-order valence-electron chi connectivity index (χ4n) is 3.00. The molecule has 6 heteroatoms. The highest BCUT2D eigenvalue weighted by atomic mass is 35.5. The highest BCUT2D eigenvalue weighted by Crippen LogP contribution is 2.32. The molecule has 3 rings (SSSR count). The Hall–Kier alpha value is -1.33. The Labute approximate surface area is 129 Å². The molecule has 5 nitrogen and oxygen atoms in total. The van der Waals surface area contributed by atoms with Crippen LogP contribution in [0.1, 0.15) is 39.5 Å². The topological polar surface area (TPSA) is 51.5 Å². The van der Waals surface area contributed by atoms with Crippen LogP contribution in [0.25, 0.3) is 5.65 Å². The number of nitrogens with one attached hydrogen (secondary N) is 1. The number of hydrogen-bond acceptors (Lipinski definition) is 4. The van der Waals surface area contributed by atoms with Crippen LogP contribution >= 0.6 is 11.6 Å². The molecule has 0 bridgehead atoms. The van der Waals surface area contributed by atoms with Gasteiger partial charge in [-0.1, -0.05) is 25.4 Å². The lowest BCUT2D eigenvalue weighted by atomic mass is 9.86.